The maximum Gasteiger partial charge on any atom is 0.132 e. The van der Waals surface area contributed by atoms with E-state index in [1.807, 2.05) is 41.8 Å². The Morgan fingerprint density at radius 3 is 2.74 bits per heavy atom. The normalized spacial score (nSPS) is 11.2. The van der Waals surface area contributed by atoms with Crippen LogP contribution in [-0.4, -0.2) is 6.21 Å². The molecule has 4 heteroatoms. The zero-order valence-electron chi connectivity index (χ0n) is 10.0. The van der Waals surface area contributed by atoms with Crippen molar-refractivity contribution in [2.45, 2.75) is 0 Å². The van der Waals surface area contributed by atoms with Crippen LogP contribution in [0.3, 0.4) is 0 Å². The van der Waals surface area contributed by atoms with Crippen LogP contribution in [0.2, 0.25) is 0 Å². The van der Waals surface area contributed by atoms with E-state index in [9.17, 15) is 4.39 Å². The summed E-state index contributed by atoms with van der Waals surface area (Å²) in [6.07, 6.45) is 1.53. The van der Waals surface area contributed by atoms with Gasteiger partial charge in [-0.2, -0.15) is 5.10 Å². The summed E-state index contributed by atoms with van der Waals surface area (Å²) in [6.45, 7) is 0. The molecule has 3 aromatic rings. The largest absolute Gasteiger partial charge is 0.279 e. The smallest absolute Gasteiger partial charge is 0.132 e. The molecule has 2 nitrogen and oxygen atoms in total. The van der Waals surface area contributed by atoms with Gasteiger partial charge in [-0.25, -0.2) is 4.39 Å². The highest BCUT2D eigenvalue weighted by Crippen LogP contribution is 2.25. The van der Waals surface area contributed by atoms with Crippen LogP contribution in [-0.2, 0) is 0 Å². The molecule has 94 valence electrons. The van der Waals surface area contributed by atoms with Crippen LogP contribution in [0.25, 0.3) is 10.1 Å². The van der Waals surface area contributed by atoms with Crippen LogP contribution in [0, 0.1) is 5.82 Å². The Bertz CT molecular complexity index is 719. The summed E-state index contributed by atoms with van der Waals surface area (Å²) in [6, 6.07) is 14.7. The lowest BCUT2D eigenvalue weighted by Crippen LogP contribution is -1.93. The fourth-order valence-corrected chi connectivity index (χ4v) is 2.66. The lowest BCUT2D eigenvalue weighted by Gasteiger charge is -2.01. The van der Waals surface area contributed by atoms with E-state index in [4.69, 9.17) is 0 Å². The Labute approximate surface area is 114 Å². The molecule has 0 saturated carbocycles. The molecular weight excluding hydrogens is 259 g/mol. The summed E-state index contributed by atoms with van der Waals surface area (Å²) >= 11 is 1.59. The third kappa shape index (κ3) is 2.48. The predicted molar refractivity (Wildman–Crippen MR) is 79.4 cm³/mol. The molecule has 19 heavy (non-hydrogen) atoms. The molecule has 3 rings (SSSR count). The van der Waals surface area contributed by atoms with Gasteiger partial charge < -0.3 is 0 Å². The summed E-state index contributed by atoms with van der Waals surface area (Å²) in [5.41, 5.74) is 4.27. The zero-order chi connectivity index (χ0) is 13.1. The summed E-state index contributed by atoms with van der Waals surface area (Å²) in [4.78, 5) is 0. The molecule has 1 heterocycles. The van der Waals surface area contributed by atoms with E-state index in [2.05, 4.69) is 10.5 Å². The van der Waals surface area contributed by atoms with E-state index in [1.165, 1.54) is 12.3 Å². The fourth-order valence-electron chi connectivity index (χ4n) is 1.86. The Kier molecular flexibility index (Phi) is 3.25. The minimum atomic E-state index is -0.260. The molecular formula is C15H11FN2S. The minimum Gasteiger partial charge on any atom is -0.279 e. The van der Waals surface area contributed by atoms with E-state index in [0.29, 0.717) is 5.56 Å². The first-order valence-electron chi connectivity index (χ1n) is 5.84. The summed E-state index contributed by atoms with van der Waals surface area (Å²) in [7, 11) is 0. The first-order valence-corrected chi connectivity index (χ1v) is 6.72. The molecule has 0 unspecified atom stereocenters. The predicted octanol–water partition coefficient (Wildman–Crippen LogP) is 4.49. The summed E-state index contributed by atoms with van der Waals surface area (Å²) < 4.78 is 14.9. The van der Waals surface area contributed by atoms with Gasteiger partial charge in [0.1, 0.15) is 5.82 Å². The van der Waals surface area contributed by atoms with E-state index in [1.54, 1.807) is 17.4 Å². The average Bonchev–Trinajstić information content (AvgIpc) is 2.91. The Morgan fingerprint density at radius 1 is 1.05 bits per heavy atom. The quantitative estimate of drug-likeness (QED) is 0.550. The first-order chi connectivity index (χ1) is 9.34. The van der Waals surface area contributed by atoms with Gasteiger partial charge in [0.05, 0.1) is 11.9 Å². The Balaban J connectivity index is 1.89. The number of thiophene rings is 1. The number of halogens is 1. The molecule has 0 spiro atoms. The second-order valence-electron chi connectivity index (χ2n) is 4.03. The van der Waals surface area contributed by atoms with Crippen molar-refractivity contribution in [3.05, 3.63) is 65.3 Å². The van der Waals surface area contributed by atoms with E-state index >= 15 is 0 Å². The van der Waals surface area contributed by atoms with Gasteiger partial charge in [-0.1, -0.05) is 18.2 Å². The number of hydrazone groups is 1. The van der Waals surface area contributed by atoms with Crippen LogP contribution < -0.4 is 5.43 Å². The minimum absolute atomic E-state index is 0.260. The molecule has 0 bridgehead atoms. The highest BCUT2D eigenvalue weighted by atomic mass is 32.1. The number of hydrogen-bond donors (Lipinski definition) is 1. The molecule has 0 fully saturated rings. The number of hydrogen-bond acceptors (Lipinski definition) is 3. The van der Waals surface area contributed by atoms with Crippen molar-refractivity contribution >= 4 is 33.3 Å². The molecule has 0 saturated heterocycles. The third-order valence-electron chi connectivity index (χ3n) is 2.78. The van der Waals surface area contributed by atoms with Crippen molar-refractivity contribution < 1.29 is 4.39 Å². The average molecular weight is 270 g/mol. The second kappa shape index (κ2) is 5.20. The molecule has 0 radical (unpaired) electrons. The molecule has 1 N–H and O–H groups in total. The fraction of sp³-hybridized carbons (Fsp3) is 0. The topological polar surface area (TPSA) is 24.4 Å². The number of anilines is 1. The van der Waals surface area contributed by atoms with E-state index in [-0.39, 0.29) is 5.82 Å². The number of rotatable bonds is 3. The number of nitrogens with zero attached hydrogens (tertiary/aromatic N) is 1. The maximum absolute atomic E-state index is 13.8. The Morgan fingerprint density at radius 2 is 1.89 bits per heavy atom. The van der Waals surface area contributed by atoms with Crippen molar-refractivity contribution in [2.75, 3.05) is 5.43 Å². The molecule has 0 aliphatic carbocycles. The van der Waals surface area contributed by atoms with Crippen molar-refractivity contribution in [2.24, 2.45) is 5.10 Å². The van der Waals surface area contributed by atoms with Gasteiger partial charge in [-0.3, -0.25) is 5.43 Å². The maximum atomic E-state index is 13.8. The lowest BCUT2D eigenvalue weighted by molar-refractivity contribution is 0.628. The van der Waals surface area contributed by atoms with Crippen LogP contribution in [0.5, 0.6) is 0 Å². The standard InChI is InChI=1S/C15H11FN2S/c16-14-6-7-15-12(8-9-19-15)13(14)10-17-18-11-4-2-1-3-5-11/h1-10,18H. The van der Waals surface area contributed by atoms with Gasteiger partial charge in [0.2, 0.25) is 0 Å². The van der Waals surface area contributed by atoms with Gasteiger partial charge in [-0.15, -0.1) is 11.3 Å². The van der Waals surface area contributed by atoms with Crippen molar-refractivity contribution in [1.29, 1.82) is 0 Å². The molecule has 1 aromatic heterocycles. The third-order valence-corrected chi connectivity index (χ3v) is 3.67. The summed E-state index contributed by atoms with van der Waals surface area (Å²) in [5, 5.41) is 6.93. The number of nitrogens with one attached hydrogen (secondary N) is 1. The van der Waals surface area contributed by atoms with Crippen LogP contribution in [0.1, 0.15) is 5.56 Å². The Hall–Kier alpha value is -2.20. The molecule has 2 aromatic carbocycles. The SMILES string of the molecule is Fc1ccc2sccc2c1C=NNc1ccccc1. The van der Waals surface area contributed by atoms with Crippen LogP contribution >= 0.6 is 11.3 Å². The zero-order valence-corrected chi connectivity index (χ0v) is 10.8. The molecule has 0 aliphatic heterocycles. The van der Waals surface area contributed by atoms with Gasteiger partial charge in [-0.05, 0) is 35.7 Å². The highest BCUT2D eigenvalue weighted by Gasteiger charge is 2.06. The summed E-state index contributed by atoms with van der Waals surface area (Å²) in [5.74, 6) is -0.260. The molecule has 0 aliphatic rings. The first kappa shape index (κ1) is 11.9. The van der Waals surface area contributed by atoms with Gasteiger partial charge in [0.25, 0.3) is 0 Å². The molecule has 0 atom stereocenters. The van der Waals surface area contributed by atoms with Crippen LogP contribution in [0.4, 0.5) is 10.1 Å². The van der Waals surface area contributed by atoms with Gasteiger partial charge in [0, 0.05) is 15.6 Å². The van der Waals surface area contributed by atoms with Crippen molar-refractivity contribution in [3.8, 4) is 0 Å². The van der Waals surface area contributed by atoms with Crippen LogP contribution in [0.15, 0.2) is 59.0 Å². The lowest BCUT2D eigenvalue weighted by atomic mass is 10.1. The van der Waals surface area contributed by atoms with Crippen molar-refractivity contribution in [3.63, 3.8) is 0 Å². The van der Waals surface area contributed by atoms with Gasteiger partial charge in [0.15, 0.2) is 0 Å². The van der Waals surface area contributed by atoms with E-state index < -0.39 is 0 Å². The number of fused-ring (bicyclic) bond motifs is 1. The number of para-hydroxylation sites is 1. The van der Waals surface area contributed by atoms with Gasteiger partial charge >= 0.3 is 0 Å². The number of benzene rings is 2. The highest BCUT2D eigenvalue weighted by molar-refractivity contribution is 7.17. The second-order valence-corrected chi connectivity index (χ2v) is 4.98. The van der Waals surface area contributed by atoms with E-state index in [0.717, 1.165) is 15.8 Å². The van der Waals surface area contributed by atoms with Crippen molar-refractivity contribution in [1.82, 2.24) is 0 Å². The monoisotopic (exact) mass is 270 g/mol. The molecule has 0 amide bonds.